The average molecular weight is 284 g/mol. The molecule has 106 valence electrons. The first-order chi connectivity index (χ1) is 9.07. The third-order valence-corrected chi connectivity index (χ3v) is 6.11. The molecule has 0 radical (unpaired) electrons. The lowest BCUT2D eigenvalue weighted by molar-refractivity contribution is -0.144. The highest BCUT2D eigenvalue weighted by molar-refractivity contribution is 8.01. The van der Waals surface area contributed by atoms with Crippen LogP contribution in [0.3, 0.4) is 0 Å². The van der Waals surface area contributed by atoms with Crippen LogP contribution in [0.1, 0.15) is 32.6 Å². The Labute approximate surface area is 117 Å². The van der Waals surface area contributed by atoms with Gasteiger partial charge in [0.25, 0.3) is 0 Å². The van der Waals surface area contributed by atoms with E-state index in [9.17, 15) is 14.7 Å². The van der Waals surface area contributed by atoms with E-state index in [-0.39, 0.29) is 35.4 Å². The zero-order valence-electron chi connectivity index (χ0n) is 11.2. The maximum atomic E-state index is 12.7. The van der Waals surface area contributed by atoms with Gasteiger partial charge in [-0.25, -0.2) is 0 Å². The Kier molecular flexibility index (Phi) is 3.25. The number of rotatable bonds is 2. The fourth-order valence-electron chi connectivity index (χ4n) is 3.51. The second kappa shape index (κ2) is 4.66. The number of thioether (sulfide) groups is 1. The molecule has 0 aromatic rings. The molecule has 6 heteroatoms. The number of aliphatic hydroxyl groups excluding tert-OH is 1. The van der Waals surface area contributed by atoms with Crippen molar-refractivity contribution in [3.05, 3.63) is 0 Å². The third kappa shape index (κ3) is 1.96. The fourth-order valence-corrected chi connectivity index (χ4v) is 4.93. The first-order valence-electron chi connectivity index (χ1n) is 6.94. The number of carbonyl (C=O) groups excluding carboxylic acids is 2. The zero-order chi connectivity index (χ0) is 13.6. The van der Waals surface area contributed by atoms with Gasteiger partial charge in [-0.1, -0.05) is 0 Å². The molecule has 5 nitrogen and oxygen atoms in total. The van der Waals surface area contributed by atoms with E-state index in [2.05, 4.69) is 6.92 Å². The zero-order valence-corrected chi connectivity index (χ0v) is 12.0. The van der Waals surface area contributed by atoms with Crippen molar-refractivity contribution >= 4 is 23.6 Å². The molecule has 1 N–H and O–H groups in total. The molecule has 2 amide bonds. The van der Waals surface area contributed by atoms with Crippen LogP contribution in [0.5, 0.6) is 0 Å². The second-order valence-electron chi connectivity index (χ2n) is 5.78. The maximum absolute atomic E-state index is 12.7. The lowest BCUT2D eigenvalue weighted by Gasteiger charge is -2.33. The van der Waals surface area contributed by atoms with Crippen LogP contribution in [0.15, 0.2) is 0 Å². The quantitative estimate of drug-likeness (QED) is 0.798. The lowest BCUT2D eigenvalue weighted by Crippen LogP contribution is -2.52. The van der Waals surface area contributed by atoms with Crippen LogP contribution in [0, 0.1) is 0 Å². The normalized spacial score (nSPS) is 38.1. The highest BCUT2D eigenvalue weighted by Crippen LogP contribution is 2.47. The third-order valence-electron chi connectivity index (χ3n) is 4.60. The molecule has 2 unspecified atom stereocenters. The van der Waals surface area contributed by atoms with Gasteiger partial charge < -0.3 is 14.9 Å². The number of fused-ring (bicyclic) bond motifs is 1. The molecule has 3 aliphatic rings. The van der Waals surface area contributed by atoms with Crippen molar-refractivity contribution in [3.8, 4) is 0 Å². The molecule has 0 saturated carbocycles. The molecule has 0 aromatic heterocycles. The highest BCUT2D eigenvalue weighted by atomic mass is 32.2. The summed E-state index contributed by atoms with van der Waals surface area (Å²) in [6.45, 7) is 2.80. The minimum atomic E-state index is -0.322. The lowest BCUT2D eigenvalue weighted by atomic mass is 10.2. The van der Waals surface area contributed by atoms with Gasteiger partial charge in [-0.2, -0.15) is 0 Å². The molecule has 3 atom stereocenters. The second-order valence-corrected chi connectivity index (χ2v) is 7.28. The number of aliphatic hydroxyl groups is 1. The number of hydrogen-bond acceptors (Lipinski definition) is 4. The Morgan fingerprint density at radius 1 is 1.58 bits per heavy atom. The van der Waals surface area contributed by atoms with Crippen LogP contribution in [-0.4, -0.2) is 62.6 Å². The molecule has 3 rings (SSSR count). The number of nitrogens with zero attached hydrogens (tertiary/aromatic N) is 2. The molecule has 0 spiro atoms. The summed E-state index contributed by atoms with van der Waals surface area (Å²) in [4.78, 5) is 28.1. The largest absolute Gasteiger partial charge is 0.394 e. The summed E-state index contributed by atoms with van der Waals surface area (Å²) in [6.07, 6.45) is 3.20. The van der Waals surface area contributed by atoms with Gasteiger partial charge in [0, 0.05) is 18.7 Å². The summed E-state index contributed by atoms with van der Waals surface area (Å²) in [5, 5.41) is 9.34. The summed E-state index contributed by atoms with van der Waals surface area (Å²) in [6, 6.07) is -0.376. The summed E-state index contributed by atoms with van der Waals surface area (Å²) in [5.41, 5.74) is 0. The van der Waals surface area contributed by atoms with Crippen LogP contribution in [0.2, 0.25) is 0 Å². The van der Waals surface area contributed by atoms with E-state index in [1.165, 1.54) is 0 Å². The van der Waals surface area contributed by atoms with Gasteiger partial charge in [0.05, 0.1) is 17.5 Å². The Hall–Kier alpha value is -0.750. The minimum absolute atomic E-state index is 0.0246. The van der Waals surface area contributed by atoms with E-state index in [0.29, 0.717) is 18.7 Å². The molecule has 3 aliphatic heterocycles. The van der Waals surface area contributed by atoms with Gasteiger partial charge in [-0.05, 0) is 26.2 Å². The maximum Gasteiger partial charge on any atom is 0.246 e. The minimum Gasteiger partial charge on any atom is -0.394 e. The molecule has 0 aromatic carbocycles. The van der Waals surface area contributed by atoms with E-state index < -0.39 is 0 Å². The van der Waals surface area contributed by atoms with Gasteiger partial charge in [-0.3, -0.25) is 9.59 Å². The van der Waals surface area contributed by atoms with Gasteiger partial charge in [0.1, 0.15) is 6.04 Å². The average Bonchev–Trinajstić information content (AvgIpc) is 3.05. The van der Waals surface area contributed by atoms with Crippen molar-refractivity contribution in [1.29, 1.82) is 0 Å². The molecule has 3 fully saturated rings. The predicted molar refractivity (Wildman–Crippen MR) is 72.6 cm³/mol. The SMILES string of the molecule is CC12CCC(=O)N1C(C(=O)N1CCC[C@H]1CO)CS2. The molecule has 0 bridgehead atoms. The summed E-state index contributed by atoms with van der Waals surface area (Å²) >= 11 is 1.72. The van der Waals surface area contributed by atoms with Crippen LogP contribution < -0.4 is 0 Å². The van der Waals surface area contributed by atoms with E-state index in [1.807, 2.05) is 0 Å². The smallest absolute Gasteiger partial charge is 0.246 e. The Morgan fingerprint density at radius 3 is 3.11 bits per heavy atom. The van der Waals surface area contributed by atoms with Gasteiger partial charge in [0.2, 0.25) is 11.8 Å². The summed E-state index contributed by atoms with van der Waals surface area (Å²) < 4.78 is 0. The molecule has 0 aliphatic carbocycles. The molecule has 19 heavy (non-hydrogen) atoms. The predicted octanol–water partition coefficient (Wildman–Crippen LogP) is 0.424. The van der Waals surface area contributed by atoms with Crippen molar-refractivity contribution in [3.63, 3.8) is 0 Å². The van der Waals surface area contributed by atoms with E-state index in [0.717, 1.165) is 19.3 Å². The van der Waals surface area contributed by atoms with Crippen molar-refractivity contribution in [2.75, 3.05) is 18.9 Å². The van der Waals surface area contributed by atoms with Gasteiger partial charge in [0.15, 0.2) is 0 Å². The summed E-state index contributed by atoms with van der Waals surface area (Å²) in [7, 11) is 0. The van der Waals surface area contributed by atoms with Gasteiger partial charge >= 0.3 is 0 Å². The van der Waals surface area contributed by atoms with E-state index in [1.54, 1.807) is 21.6 Å². The monoisotopic (exact) mass is 284 g/mol. The number of hydrogen-bond donors (Lipinski definition) is 1. The highest BCUT2D eigenvalue weighted by Gasteiger charge is 2.54. The van der Waals surface area contributed by atoms with Crippen molar-refractivity contribution < 1.29 is 14.7 Å². The molecular weight excluding hydrogens is 264 g/mol. The Morgan fingerprint density at radius 2 is 2.37 bits per heavy atom. The topological polar surface area (TPSA) is 60.9 Å². The van der Waals surface area contributed by atoms with Crippen molar-refractivity contribution in [1.82, 2.24) is 9.80 Å². The number of amides is 2. The van der Waals surface area contributed by atoms with Crippen LogP contribution in [0.25, 0.3) is 0 Å². The van der Waals surface area contributed by atoms with Crippen molar-refractivity contribution in [2.24, 2.45) is 0 Å². The Balaban J connectivity index is 1.79. The fraction of sp³-hybridized carbons (Fsp3) is 0.846. The Bertz CT molecular complexity index is 417. The first kappa shape index (κ1) is 13.2. The van der Waals surface area contributed by atoms with Crippen molar-refractivity contribution in [2.45, 2.75) is 49.6 Å². The van der Waals surface area contributed by atoms with Crippen LogP contribution in [0.4, 0.5) is 0 Å². The van der Waals surface area contributed by atoms with E-state index in [4.69, 9.17) is 0 Å². The van der Waals surface area contributed by atoms with Crippen LogP contribution >= 0.6 is 11.8 Å². The summed E-state index contributed by atoms with van der Waals surface area (Å²) in [5.74, 6) is 0.823. The van der Waals surface area contributed by atoms with E-state index >= 15 is 0 Å². The molecule has 3 heterocycles. The number of likely N-dealkylation sites (tertiary alicyclic amines) is 1. The standard InChI is InChI=1S/C13H20N2O3S/c1-13-5-4-11(17)15(13)10(8-19-13)12(18)14-6-2-3-9(14)7-16/h9-10,16H,2-8H2,1H3/t9-,10?,13?/m0/s1. The molecular formula is C13H20N2O3S. The molecule has 3 saturated heterocycles. The van der Waals surface area contributed by atoms with Gasteiger partial charge in [-0.15, -0.1) is 11.8 Å². The first-order valence-corrected chi connectivity index (χ1v) is 7.93. The van der Waals surface area contributed by atoms with Crippen LogP contribution in [-0.2, 0) is 9.59 Å². The number of carbonyl (C=O) groups is 2.